The lowest BCUT2D eigenvalue weighted by Crippen LogP contribution is -1.99. The van der Waals surface area contributed by atoms with Gasteiger partial charge in [0.25, 0.3) is 0 Å². The Morgan fingerprint density at radius 2 is 1.80 bits per heavy atom. The summed E-state index contributed by atoms with van der Waals surface area (Å²) >= 11 is 2.30. The number of halogens is 1. The third-order valence-corrected chi connectivity index (χ3v) is 3.98. The van der Waals surface area contributed by atoms with Gasteiger partial charge in [0.15, 0.2) is 5.90 Å². The normalized spacial score (nSPS) is 13.9. The van der Waals surface area contributed by atoms with E-state index in [0.29, 0.717) is 0 Å². The van der Waals surface area contributed by atoms with Crippen LogP contribution in [0.15, 0.2) is 29.3 Å². The number of aliphatic imine (C=N–C) groups is 1. The zero-order valence-electron chi connectivity index (χ0n) is 11.8. The highest BCUT2D eigenvalue weighted by Gasteiger charge is 2.05. The van der Waals surface area contributed by atoms with Crippen molar-refractivity contribution in [2.75, 3.05) is 19.8 Å². The lowest BCUT2D eigenvalue weighted by Gasteiger charge is -2.06. The Balaban J connectivity index is 1.42. The van der Waals surface area contributed by atoms with Gasteiger partial charge in [0.2, 0.25) is 0 Å². The molecule has 0 aromatic heterocycles. The molecule has 0 atom stereocenters. The lowest BCUT2D eigenvalue weighted by molar-refractivity contribution is 0.304. The van der Waals surface area contributed by atoms with Crippen LogP contribution in [0.3, 0.4) is 0 Å². The van der Waals surface area contributed by atoms with Gasteiger partial charge >= 0.3 is 0 Å². The first-order chi connectivity index (χ1) is 9.84. The second kappa shape index (κ2) is 9.21. The maximum atomic E-state index is 5.71. The predicted octanol–water partition coefficient (Wildman–Crippen LogP) is 4.44. The van der Waals surface area contributed by atoms with E-state index < -0.39 is 0 Å². The van der Waals surface area contributed by atoms with Crippen molar-refractivity contribution in [2.24, 2.45) is 4.99 Å². The van der Waals surface area contributed by atoms with Crippen molar-refractivity contribution >= 4 is 28.5 Å². The Hall–Kier alpha value is -0.780. The molecule has 0 radical (unpaired) electrons. The number of hydrogen-bond acceptors (Lipinski definition) is 3. The smallest absolute Gasteiger partial charge is 0.183 e. The fraction of sp³-hybridized carbons (Fsp3) is 0.562. The molecule has 1 aromatic rings. The van der Waals surface area contributed by atoms with Crippen LogP contribution in [0.4, 0.5) is 0 Å². The van der Waals surface area contributed by atoms with Gasteiger partial charge in [-0.1, -0.05) is 19.3 Å². The van der Waals surface area contributed by atoms with E-state index in [2.05, 4.69) is 39.7 Å². The van der Waals surface area contributed by atoms with Crippen LogP contribution in [-0.4, -0.2) is 25.7 Å². The van der Waals surface area contributed by atoms with Crippen molar-refractivity contribution in [2.45, 2.75) is 38.5 Å². The second-order valence-corrected chi connectivity index (χ2v) is 6.19. The molecule has 1 heterocycles. The van der Waals surface area contributed by atoms with Gasteiger partial charge in [-0.3, -0.25) is 4.99 Å². The van der Waals surface area contributed by atoms with E-state index in [-0.39, 0.29) is 0 Å². The fourth-order valence-electron chi connectivity index (χ4n) is 2.16. The van der Waals surface area contributed by atoms with Crippen molar-refractivity contribution < 1.29 is 9.47 Å². The standard InChI is InChI=1S/C16H22INO2/c17-14-7-9-15(10-8-14)19-12-5-3-1-2-4-6-16-18-11-13-20-16/h7-10H,1-6,11-13H2. The molecule has 1 aromatic carbocycles. The molecular formula is C16H22INO2. The molecule has 0 saturated heterocycles. The molecule has 0 saturated carbocycles. The number of rotatable bonds is 9. The summed E-state index contributed by atoms with van der Waals surface area (Å²) in [5, 5.41) is 0. The van der Waals surface area contributed by atoms with Crippen LogP contribution in [0.1, 0.15) is 38.5 Å². The zero-order chi connectivity index (χ0) is 14.0. The minimum absolute atomic E-state index is 0.783. The Kier molecular flexibility index (Phi) is 7.19. The minimum Gasteiger partial charge on any atom is -0.494 e. The van der Waals surface area contributed by atoms with Crippen LogP contribution in [0.25, 0.3) is 0 Å². The summed E-state index contributed by atoms with van der Waals surface area (Å²) in [4.78, 5) is 4.30. The first-order valence-corrected chi connectivity index (χ1v) is 8.47. The Morgan fingerprint density at radius 3 is 2.55 bits per heavy atom. The Morgan fingerprint density at radius 1 is 1.05 bits per heavy atom. The van der Waals surface area contributed by atoms with Crippen molar-refractivity contribution in [3.63, 3.8) is 0 Å². The van der Waals surface area contributed by atoms with Crippen LogP contribution in [0.5, 0.6) is 5.75 Å². The molecule has 2 rings (SSSR count). The molecule has 0 unspecified atom stereocenters. The molecule has 0 N–H and O–H groups in total. The van der Waals surface area contributed by atoms with E-state index in [9.17, 15) is 0 Å². The molecule has 1 aliphatic rings. The van der Waals surface area contributed by atoms with Crippen molar-refractivity contribution in [1.82, 2.24) is 0 Å². The van der Waals surface area contributed by atoms with E-state index in [0.717, 1.165) is 44.2 Å². The van der Waals surface area contributed by atoms with Gasteiger partial charge in [0, 0.05) is 9.99 Å². The maximum absolute atomic E-state index is 5.71. The Bertz CT molecular complexity index is 417. The molecule has 1 aliphatic heterocycles. The number of benzene rings is 1. The van der Waals surface area contributed by atoms with Gasteiger partial charge < -0.3 is 9.47 Å². The fourth-order valence-corrected chi connectivity index (χ4v) is 2.52. The number of nitrogens with zero attached hydrogens (tertiary/aromatic N) is 1. The molecule has 3 nitrogen and oxygen atoms in total. The summed E-state index contributed by atoms with van der Waals surface area (Å²) in [5.74, 6) is 1.94. The van der Waals surface area contributed by atoms with Crippen LogP contribution < -0.4 is 4.74 Å². The lowest BCUT2D eigenvalue weighted by atomic mass is 10.1. The molecular weight excluding hydrogens is 365 g/mol. The van der Waals surface area contributed by atoms with Gasteiger partial charge in [-0.05, 0) is 59.7 Å². The molecule has 0 bridgehead atoms. The Labute approximate surface area is 134 Å². The van der Waals surface area contributed by atoms with Crippen LogP contribution in [0, 0.1) is 3.57 Å². The van der Waals surface area contributed by atoms with Gasteiger partial charge in [0.1, 0.15) is 12.4 Å². The third kappa shape index (κ3) is 6.11. The first-order valence-electron chi connectivity index (χ1n) is 7.39. The van der Waals surface area contributed by atoms with E-state index in [1.54, 1.807) is 0 Å². The predicted molar refractivity (Wildman–Crippen MR) is 90.6 cm³/mol. The quantitative estimate of drug-likeness (QED) is 0.463. The highest BCUT2D eigenvalue weighted by atomic mass is 127. The van der Waals surface area contributed by atoms with Crippen LogP contribution in [-0.2, 0) is 4.74 Å². The average Bonchev–Trinajstić information content (AvgIpc) is 2.97. The van der Waals surface area contributed by atoms with Crippen molar-refractivity contribution in [3.8, 4) is 5.75 Å². The molecule has 4 heteroatoms. The highest BCUT2D eigenvalue weighted by Crippen LogP contribution is 2.14. The number of unbranched alkanes of at least 4 members (excludes halogenated alkanes) is 4. The summed E-state index contributed by atoms with van der Waals surface area (Å²) in [7, 11) is 0. The van der Waals surface area contributed by atoms with Gasteiger partial charge in [-0.2, -0.15) is 0 Å². The molecule has 0 spiro atoms. The SMILES string of the molecule is Ic1ccc(OCCCCCCCC2=NCCO2)cc1. The molecule has 0 aliphatic carbocycles. The summed E-state index contributed by atoms with van der Waals surface area (Å²) < 4.78 is 12.3. The first kappa shape index (κ1) is 15.6. The zero-order valence-corrected chi connectivity index (χ0v) is 14.0. The van der Waals surface area contributed by atoms with Gasteiger partial charge in [-0.25, -0.2) is 0 Å². The van der Waals surface area contributed by atoms with Crippen LogP contribution >= 0.6 is 22.6 Å². The number of ether oxygens (including phenoxy) is 2. The maximum Gasteiger partial charge on any atom is 0.183 e. The van der Waals surface area contributed by atoms with Crippen molar-refractivity contribution in [1.29, 1.82) is 0 Å². The topological polar surface area (TPSA) is 30.8 Å². The molecule has 20 heavy (non-hydrogen) atoms. The van der Waals surface area contributed by atoms with E-state index in [1.165, 1.54) is 29.3 Å². The van der Waals surface area contributed by atoms with Crippen molar-refractivity contribution in [3.05, 3.63) is 27.8 Å². The van der Waals surface area contributed by atoms with E-state index in [1.807, 2.05) is 12.1 Å². The molecule has 110 valence electrons. The average molecular weight is 387 g/mol. The van der Waals surface area contributed by atoms with Gasteiger partial charge in [-0.15, -0.1) is 0 Å². The van der Waals surface area contributed by atoms with Gasteiger partial charge in [0.05, 0.1) is 13.2 Å². The van der Waals surface area contributed by atoms with E-state index >= 15 is 0 Å². The largest absolute Gasteiger partial charge is 0.494 e. The monoisotopic (exact) mass is 387 g/mol. The third-order valence-electron chi connectivity index (χ3n) is 3.27. The summed E-state index contributed by atoms with van der Waals surface area (Å²) in [6, 6.07) is 8.21. The minimum atomic E-state index is 0.783. The number of hydrogen-bond donors (Lipinski definition) is 0. The van der Waals surface area contributed by atoms with E-state index in [4.69, 9.17) is 9.47 Å². The molecule has 0 fully saturated rings. The highest BCUT2D eigenvalue weighted by molar-refractivity contribution is 14.1. The van der Waals surface area contributed by atoms with Crippen LogP contribution in [0.2, 0.25) is 0 Å². The molecule has 0 amide bonds. The summed E-state index contributed by atoms with van der Waals surface area (Å²) in [5.41, 5.74) is 0. The summed E-state index contributed by atoms with van der Waals surface area (Å²) in [6.45, 7) is 2.45. The summed E-state index contributed by atoms with van der Waals surface area (Å²) in [6.07, 6.45) is 7.09. The second-order valence-electron chi connectivity index (χ2n) is 4.94.